The lowest BCUT2D eigenvalue weighted by atomic mass is 10.1. The second-order valence-electron chi connectivity index (χ2n) is 7.37. The summed E-state index contributed by atoms with van der Waals surface area (Å²) in [5.41, 5.74) is 4.35. The fourth-order valence-corrected chi connectivity index (χ4v) is 3.73. The molecular formula is C26H22BrClN2O3. The lowest BCUT2D eigenvalue weighted by molar-refractivity contribution is -0.112. The number of hydrogen-bond acceptors (Lipinski definition) is 4. The first-order chi connectivity index (χ1) is 15.8. The van der Waals surface area contributed by atoms with Crippen LogP contribution in [0.3, 0.4) is 0 Å². The van der Waals surface area contributed by atoms with Gasteiger partial charge in [0, 0.05) is 10.7 Å². The van der Waals surface area contributed by atoms with E-state index >= 15 is 0 Å². The maximum atomic E-state index is 12.7. The minimum absolute atomic E-state index is 0.0305. The average molecular weight is 526 g/mol. The molecule has 0 aliphatic carbocycles. The summed E-state index contributed by atoms with van der Waals surface area (Å²) in [5.74, 6) is 0.498. The summed E-state index contributed by atoms with van der Waals surface area (Å²) in [6.45, 7) is 4.28. The van der Waals surface area contributed by atoms with Crippen LogP contribution in [-0.4, -0.2) is 13.0 Å². The van der Waals surface area contributed by atoms with E-state index in [0.717, 1.165) is 16.7 Å². The van der Waals surface area contributed by atoms with Crippen molar-refractivity contribution in [2.45, 2.75) is 20.5 Å². The Morgan fingerprint density at radius 2 is 1.85 bits per heavy atom. The van der Waals surface area contributed by atoms with Crippen molar-refractivity contribution in [3.8, 4) is 17.6 Å². The quantitative estimate of drug-likeness (QED) is 0.270. The molecule has 0 fully saturated rings. The molecule has 0 saturated carbocycles. The van der Waals surface area contributed by atoms with Crippen LogP contribution in [0.5, 0.6) is 11.5 Å². The molecule has 0 saturated heterocycles. The molecule has 0 aromatic heterocycles. The topological polar surface area (TPSA) is 71.3 Å². The van der Waals surface area contributed by atoms with Crippen molar-refractivity contribution in [1.82, 2.24) is 0 Å². The Morgan fingerprint density at radius 3 is 2.48 bits per heavy atom. The van der Waals surface area contributed by atoms with Crippen LogP contribution < -0.4 is 14.8 Å². The van der Waals surface area contributed by atoms with Crippen molar-refractivity contribution in [1.29, 1.82) is 5.26 Å². The van der Waals surface area contributed by atoms with E-state index in [1.807, 2.05) is 50.2 Å². The predicted octanol–water partition coefficient (Wildman–Crippen LogP) is 6.85. The third kappa shape index (κ3) is 6.38. The minimum Gasteiger partial charge on any atom is -0.493 e. The zero-order valence-corrected chi connectivity index (χ0v) is 20.8. The zero-order valence-electron chi connectivity index (χ0n) is 18.4. The third-order valence-electron chi connectivity index (χ3n) is 4.99. The van der Waals surface area contributed by atoms with Crippen LogP contribution in [0.2, 0.25) is 5.02 Å². The van der Waals surface area contributed by atoms with Crippen LogP contribution in [0.15, 0.2) is 64.6 Å². The van der Waals surface area contributed by atoms with Gasteiger partial charge in [-0.25, -0.2) is 0 Å². The van der Waals surface area contributed by atoms with Gasteiger partial charge in [-0.15, -0.1) is 0 Å². The largest absolute Gasteiger partial charge is 0.493 e. The molecule has 3 aromatic carbocycles. The van der Waals surface area contributed by atoms with E-state index in [1.165, 1.54) is 13.2 Å². The Bertz CT molecular complexity index is 1250. The molecule has 0 aliphatic rings. The van der Waals surface area contributed by atoms with Gasteiger partial charge in [0.2, 0.25) is 0 Å². The number of nitrogens with one attached hydrogen (secondary N) is 1. The summed E-state index contributed by atoms with van der Waals surface area (Å²) in [7, 11) is 1.53. The molecule has 1 N–H and O–H groups in total. The van der Waals surface area contributed by atoms with Crippen LogP contribution in [0.1, 0.15) is 22.3 Å². The number of nitrogens with zero attached hydrogens (tertiary/aromatic N) is 1. The highest BCUT2D eigenvalue weighted by atomic mass is 79.9. The number of carbonyl (C=O) groups excluding carboxylic acids is 1. The lowest BCUT2D eigenvalue weighted by Gasteiger charge is -2.14. The summed E-state index contributed by atoms with van der Waals surface area (Å²) in [4.78, 5) is 12.7. The fraction of sp³-hybridized carbons (Fsp3) is 0.154. The normalized spacial score (nSPS) is 11.0. The smallest absolute Gasteiger partial charge is 0.266 e. The first kappa shape index (κ1) is 24.4. The Kier molecular flexibility index (Phi) is 8.16. The number of halogens is 2. The molecule has 0 unspecified atom stereocenters. The number of aryl methyl sites for hydroxylation is 2. The average Bonchev–Trinajstić information content (AvgIpc) is 2.79. The van der Waals surface area contributed by atoms with Gasteiger partial charge in [-0.05, 0) is 94.5 Å². The summed E-state index contributed by atoms with van der Waals surface area (Å²) < 4.78 is 12.1. The number of amides is 1. The van der Waals surface area contributed by atoms with E-state index < -0.39 is 5.91 Å². The molecule has 0 heterocycles. The number of ether oxygens (including phenoxy) is 2. The van der Waals surface area contributed by atoms with Gasteiger partial charge in [-0.3, -0.25) is 4.79 Å². The van der Waals surface area contributed by atoms with E-state index in [4.69, 9.17) is 21.1 Å². The van der Waals surface area contributed by atoms with Crippen molar-refractivity contribution in [2.75, 3.05) is 12.4 Å². The zero-order chi connectivity index (χ0) is 24.0. The van der Waals surface area contributed by atoms with Crippen molar-refractivity contribution >= 4 is 45.2 Å². The summed E-state index contributed by atoms with van der Waals surface area (Å²) in [5, 5.41) is 13.0. The second kappa shape index (κ2) is 11.0. The lowest BCUT2D eigenvalue weighted by Crippen LogP contribution is -2.13. The molecule has 33 heavy (non-hydrogen) atoms. The number of methoxy groups -OCH3 is 1. The Hall–Kier alpha value is -3.27. The van der Waals surface area contributed by atoms with Gasteiger partial charge in [0.1, 0.15) is 18.2 Å². The van der Waals surface area contributed by atoms with E-state index in [9.17, 15) is 10.1 Å². The van der Waals surface area contributed by atoms with E-state index in [-0.39, 0.29) is 5.57 Å². The van der Waals surface area contributed by atoms with Gasteiger partial charge in [0.25, 0.3) is 5.91 Å². The van der Waals surface area contributed by atoms with Crippen molar-refractivity contribution < 1.29 is 14.3 Å². The fourth-order valence-electron chi connectivity index (χ4n) is 3.03. The molecule has 0 spiro atoms. The number of anilines is 1. The molecule has 3 aromatic rings. The minimum atomic E-state index is -0.487. The van der Waals surface area contributed by atoms with Crippen LogP contribution >= 0.6 is 27.5 Å². The molecule has 3 rings (SSSR count). The summed E-state index contributed by atoms with van der Waals surface area (Å²) in [6, 6.07) is 18.4. The van der Waals surface area contributed by atoms with E-state index in [1.54, 1.807) is 24.3 Å². The Balaban J connectivity index is 1.81. The maximum absolute atomic E-state index is 12.7. The van der Waals surface area contributed by atoms with Gasteiger partial charge in [0.15, 0.2) is 11.5 Å². The first-order valence-corrected chi connectivity index (χ1v) is 11.2. The highest BCUT2D eigenvalue weighted by Gasteiger charge is 2.14. The molecule has 0 bridgehead atoms. The maximum Gasteiger partial charge on any atom is 0.266 e. The standard InChI is InChI=1S/C26H22BrClN2O3/c1-16-4-9-22(10-17(16)2)30-26(31)20(14-29)11-19-12-23(27)25(24(13-19)32-3)33-15-18-5-7-21(28)8-6-18/h4-13H,15H2,1-3H3,(H,30,31)/b20-11+. The molecule has 5 nitrogen and oxygen atoms in total. The number of hydrogen-bond donors (Lipinski definition) is 1. The monoisotopic (exact) mass is 524 g/mol. The number of nitriles is 1. The Labute approximate surface area is 206 Å². The van der Waals surface area contributed by atoms with E-state index in [2.05, 4.69) is 21.2 Å². The van der Waals surface area contributed by atoms with Gasteiger partial charge < -0.3 is 14.8 Å². The van der Waals surface area contributed by atoms with Gasteiger partial charge in [-0.2, -0.15) is 5.26 Å². The van der Waals surface area contributed by atoms with Gasteiger partial charge in [0.05, 0.1) is 11.6 Å². The van der Waals surface area contributed by atoms with Crippen molar-refractivity contribution in [3.05, 3.63) is 91.9 Å². The number of benzene rings is 3. The van der Waals surface area contributed by atoms with Crippen LogP contribution in [0.4, 0.5) is 5.69 Å². The van der Waals surface area contributed by atoms with Crippen LogP contribution in [0.25, 0.3) is 6.08 Å². The van der Waals surface area contributed by atoms with E-state index in [0.29, 0.717) is 38.9 Å². The molecule has 1 amide bonds. The molecule has 168 valence electrons. The third-order valence-corrected chi connectivity index (χ3v) is 5.83. The number of rotatable bonds is 7. The molecule has 0 aliphatic heterocycles. The summed E-state index contributed by atoms with van der Waals surface area (Å²) >= 11 is 9.43. The highest BCUT2D eigenvalue weighted by Crippen LogP contribution is 2.38. The van der Waals surface area contributed by atoms with Crippen molar-refractivity contribution in [2.24, 2.45) is 0 Å². The van der Waals surface area contributed by atoms with Gasteiger partial charge >= 0.3 is 0 Å². The summed E-state index contributed by atoms with van der Waals surface area (Å²) in [6.07, 6.45) is 1.51. The van der Waals surface area contributed by atoms with Crippen LogP contribution in [-0.2, 0) is 11.4 Å². The highest BCUT2D eigenvalue weighted by molar-refractivity contribution is 9.10. The molecule has 7 heteroatoms. The van der Waals surface area contributed by atoms with Gasteiger partial charge in [-0.1, -0.05) is 29.8 Å². The van der Waals surface area contributed by atoms with Crippen molar-refractivity contribution in [3.63, 3.8) is 0 Å². The van der Waals surface area contributed by atoms with Crippen LogP contribution in [0, 0.1) is 25.2 Å². The second-order valence-corrected chi connectivity index (χ2v) is 8.66. The molecule has 0 radical (unpaired) electrons. The SMILES string of the molecule is COc1cc(/C=C(\C#N)C(=O)Nc2ccc(C)c(C)c2)cc(Br)c1OCc1ccc(Cl)cc1. The molecule has 0 atom stereocenters. The molecular weight excluding hydrogens is 504 g/mol. The Morgan fingerprint density at radius 1 is 1.12 bits per heavy atom. The number of carbonyl (C=O) groups is 1. The predicted molar refractivity (Wildman–Crippen MR) is 135 cm³/mol. The first-order valence-electron chi connectivity index (χ1n) is 10.1.